The standard InChI is InChI=1S/C12H20N2O4S/c1-11(2,10(15)16)12(3,4)13-19(17,18)9-6-7-14(5)8-9/h6-8,13H,1-5H3,(H,15,16). The van der Waals surface area contributed by atoms with Gasteiger partial charge in [-0.25, -0.2) is 13.1 Å². The Morgan fingerprint density at radius 2 is 1.84 bits per heavy atom. The number of carboxylic acid groups (broad SMARTS) is 1. The van der Waals surface area contributed by atoms with Crippen molar-refractivity contribution in [2.24, 2.45) is 12.5 Å². The fourth-order valence-corrected chi connectivity index (χ4v) is 3.02. The van der Waals surface area contributed by atoms with Crippen molar-refractivity contribution in [2.75, 3.05) is 0 Å². The molecule has 7 heteroatoms. The van der Waals surface area contributed by atoms with E-state index in [0.717, 1.165) is 0 Å². The summed E-state index contributed by atoms with van der Waals surface area (Å²) in [5.74, 6) is -1.06. The number of nitrogens with one attached hydrogen (secondary N) is 1. The molecule has 19 heavy (non-hydrogen) atoms. The van der Waals surface area contributed by atoms with E-state index in [-0.39, 0.29) is 4.90 Å². The van der Waals surface area contributed by atoms with Gasteiger partial charge in [-0.2, -0.15) is 0 Å². The zero-order valence-electron chi connectivity index (χ0n) is 11.8. The van der Waals surface area contributed by atoms with Gasteiger partial charge in [0.25, 0.3) is 0 Å². The lowest BCUT2D eigenvalue weighted by Gasteiger charge is -2.38. The van der Waals surface area contributed by atoms with Crippen LogP contribution in [0.25, 0.3) is 0 Å². The maximum atomic E-state index is 12.2. The largest absolute Gasteiger partial charge is 0.481 e. The van der Waals surface area contributed by atoms with Crippen LogP contribution in [0, 0.1) is 5.41 Å². The van der Waals surface area contributed by atoms with Gasteiger partial charge in [0.05, 0.1) is 10.3 Å². The van der Waals surface area contributed by atoms with Crippen molar-refractivity contribution in [3.05, 3.63) is 18.5 Å². The molecule has 0 spiro atoms. The molecule has 0 aliphatic rings. The molecule has 0 aliphatic heterocycles. The number of rotatable bonds is 5. The molecule has 0 fully saturated rings. The Kier molecular flexibility index (Phi) is 3.84. The first-order chi connectivity index (χ1) is 8.40. The van der Waals surface area contributed by atoms with Crippen LogP contribution in [0.15, 0.2) is 23.4 Å². The monoisotopic (exact) mass is 288 g/mol. The molecule has 1 rings (SSSR count). The van der Waals surface area contributed by atoms with Crippen LogP contribution in [0.4, 0.5) is 0 Å². The number of aryl methyl sites for hydroxylation is 1. The summed E-state index contributed by atoms with van der Waals surface area (Å²) in [5, 5.41) is 9.21. The molecule has 0 radical (unpaired) electrons. The Morgan fingerprint density at radius 3 is 2.21 bits per heavy atom. The number of carboxylic acids is 1. The zero-order chi connectivity index (χ0) is 15.1. The molecule has 0 bridgehead atoms. The first-order valence-corrected chi connectivity index (χ1v) is 7.28. The topological polar surface area (TPSA) is 88.4 Å². The van der Waals surface area contributed by atoms with E-state index < -0.39 is 26.9 Å². The van der Waals surface area contributed by atoms with Gasteiger partial charge in [-0.3, -0.25) is 4.79 Å². The lowest BCUT2D eigenvalue weighted by Crippen LogP contribution is -2.56. The van der Waals surface area contributed by atoms with E-state index in [1.807, 2.05) is 0 Å². The lowest BCUT2D eigenvalue weighted by molar-refractivity contribution is -0.150. The first kappa shape index (κ1) is 15.7. The van der Waals surface area contributed by atoms with E-state index in [2.05, 4.69) is 4.72 Å². The maximum Gasteiger partial charge on any atom is 0.310 e. The van der Waals surface area contributed by atoms with Gasteiger partial charge in [0.15, 0.2) is 0 Å². The van der Waals surface area contributed by atoms with Gasteiger partial charge in [-0.15, -0.1) is 0 Å². The van der Waals surface area contributed by atoms with Gasteiger partial charge in [0.2, 0.25) is 10.0 Å². The van der Waals surface area contributed by atoms with E-state index in [1.54, 1.807) is 31.7 Å². The number of hydrogen-bond acceptors (Lipinski definition) is 3. The number of aromatic nitrogens is 1. The minimum absolute atomic E-state index is 0.115. The summed E-state index contributed by atoms with van der Waals surface area (Å²) < 4.78 is 28.5. The second-order valence-corrected chi connectivity index (χ2v) is 7.36. The first-order valence-electron chi connectivity index (χ1n) is 5.79. The molecular formula is C12H20N2O4S. The van der Waals surface area contributed by atoms with Crippen molar-refractivity contribution in [3.63, 3.8) is 0 Å². The summed E-state index contributed by atoms with van der Waals surface area (Å²) in [4.78, 5) is 11.4. The van der Waals surface area contributed by atoms with E-state index in [0.29, 0.717) is 0 Å². The molecular weight excluding hydrogens is 268 g/mol. The summed E-state index contributed by atoms with van der Waals surface area (Å²) in [7, 11) is -2.03. The minimum Gasteiger partial charge on any atom is -0.481 e. The maximum absolute atomic E-state index is 12.2. The number of nitrogens with zero attached hydrogens (tertiary/aromatic N) is 1. The van der Waals surface area contributed by atoms with Gasteiger partial charge >= 0.3 is 5.97 Å². The molecule has 1 aromatic heterocycles. The van der Waals surface area contributed by atoms with E-state index in [4.69, 9.17) is 0 Å². The summed E-state index contributed by atoms with van der Waals surface area (Å²) in [5.41, 5.74) is -2.37. The normalized spacial score (nSPS) is 13.5. The highest BCUT2D eigenvalue weighted by atomic mass is 32.2. The van der Waals surface area contributed by atoms with Crippen molar-refractivity contribution in [3.8, 4) is 0 Å². The van der Waals surface area contributed by atoms with Crippen LogP contribution in [-0.4, -0.2) is 29.6 Å². The highest BCUT2D eigenvalue weighted by Crippen LogP contribution is 2.32. The summed E-state index contributed by atoms with van der Waals surface area (Å²) in [6.45, 7) is 6.09. The average molecular weight is 288 g/mol. The molecule has 0 atom stereocenters. The van der Waals surface area contributed by atoms with Crippen LogP contribution in [0.3, 0.4) is 0 Å². The van der Waals surface area contributed by atoms with E-state index in [1.165, 1.54) is 26.1 Å². The Balaban J connectivity index is 3.11. The Hall–Kier alpha value is -1.34. The molecule has 0 unspecified atom stereocenters. The predicted molar refractivity (Wildman–Crippen MR) is 71.2 cm³/mol. The van der Waals surface area contributed by atoms with Crippen LogP contribution in [0.5, 0.6) is 0 Å². The lowest BCUT2D eigenvalue weighted by atomic mass is 9.75. The summed E-state index contributed by atoms with van der Waals surface area (Å²) >= 11 is 0. The smallest absolute Gasteiger partial charge is 0.310 e. The molecule has 0 aliphatic carbocycles. The second kappa shape index (κ2) is 4.64. The van der Waals surface area contributed by atoms with Gasteiger partial charge in [0.1, 0.15) is 0 Å². The SMILES string of the molecule is Cn1ccc(S(=O)(=O)NC(C)(C)C(C)(C)C(=O)O)c1. The molecule has 0 saturated heterocycles. The van der Waals surface area contributed by atoms with Crippen LogP contribution >= 0.6 is 0 Å². The number of carbonyl (C=O) groups is 1. The van der Waals surface area contributed by atoms with Gasteiger partial charge in [-0.05, 0) is 33.8 Å². The third-order valence-corrected chi connectivity index (χ3v) is 5.24. The zero-order valence-corrected chi connectivity index (χ0v) is 12.6. The number of sulfonamides is 1. The minimum atomic E-state index is -3.75. The van der Waals surface area contributed by atoms with E-state index in [9.17, 15) is 18.3 Å². The third kappa shape index (κ3) is 2.98. The van der Waals surface area contributed by atoms with Crippen molar-refractivity contribution >= 4 is 16.0 Å². The fraction of sp³-hybridized carbons (Fsp3) is 0.583. The number of hydrogen-bond donors (Lipinski definition) is 2. The summed E-state index contributed by atoms with van der Waals surface area (Å²) in [6, 6.07) is 1.46. The quantitative estimate of drug-likeness (QED) is 0.852. The Labute approximate surface area is 113 Å². The molecule has 1 aromatic rings. The highest BCUT2D eigenvalue weighted by molar-refractivity contribution is 7.89. The molecule has 0 aromatic carbocycles. The highest BCUT2D eigenvalue weighted by Gasteiger charge is 2.46. The van der Waals surface area contributed by atoms with Crippen molar-refractivity contribution in [1.82, 2.24) is 9.29 Å². The molecule has 2 N–H and O–H groups in total. The van der Waals surface area contributed by atoms with Crippen molar-refractivity contribution in [2.45, 2.75) is 38.1 Å². The number of aliphatic carboxylic acids is 1. The van der Waals surface area contributed by atoms with Crippen molar-refractivity contribution in [1.29, 1.82) is 0 Å². The Bertz CT molecular complexity index is 585. The van der Waals surface area contributed by atoms with Crippen LogP contribution in [0.2, 0.25) is 0 Å². The fourth-order valence-electron chi connectivity index (χ4n) is 1.43. The molecule has 108 valence electrons. The third-order valence-electron chi connectivity index (χ3n) is 3.60. The Morgan fingerprint density at radius 1 is 1.32 bits per heavy atom. The summed E-state index contributed by atoms with van der Waals surface area (Å²) in [6.07, 6.45) is 3.08. The molecule has 0 saturated carbocycles. The van der Waals surface area contributed by atoms with Crippen LogP contribution in [-0.2, 0) is 21.9 Å². The van der Waals surface area contributed by atoms with E-state index >= 15 is 0 Å². The molecule has 0 amide bonds. The molecule has 6 nitrogen and oxygen atoms in total. The predicted octanol–water partition coefficient (Wildman–Crippen LogP) is 1.19. The molecule has 1 heterocycles. The average Bonchev–Trinajstić information content (AvgIpc) is 2.63. The second-order valence-electron chi connectivity index (χ2n) is 5.67. The van der Waals surface area contributed by atoms with Crippen molar-refractivity contribution < 1.29 is 18.3 Å². The van der Waals surface area contributed by atoms with Gasteiger partial charge in [-0.1, -0.05) is 0 Å². The van der Waals surface area contributed by atoms with Crippen LogP contribution in [0.1, 0.15) is 27.7 Å². The van der Waals surface area contributed by atoms with Crippen LogP contribution < -0.4 is 4.72 Å². The van der Waals surface area contributed by atoms with Gasteiger partial charge < -0.3 is 9.67 Å². The van der Waals surface area contributed by atoms with Gasteiger partial charge in [0, 0.05) is 25.0 Å².